The number of thiocarbonyl (C=S) groups is 1. The highest BCUT2D eigenvalue weighted by molar-refractivity contribution is 7.80. The SMILES string of the molecule is CCc1ccc(O)c(NC(=S)NC(=O)C=Cc2ccc(-c3ccc(Cl)cc3)o2)c1. The number of hydrogen-bond donors (Lipinski definition) is 3. The van der Waals surface area contributed by atoms with Crippen LogP contribution in [0.4, 0.5) is 5.69 Å². The highest BCUT2D eigenvalue weighted by Crippen LogP contribution is 2.25. The molecule has 0 aliphatic carbocycles. The topological polar surface area (TPSA) is 74.5 Å². The van der Waals surface area contributed by atoms with E-state index in [1.807, 2.05) is 31.2 Å². The predicted octanol–water partition coefficient (Wildman–Crippen LogP) is 5.39. The Hall–Kier alpha value is -3.09. The number of furan rings is 1. The highest BCUT2D eigenvalue weighted by Gasteiger charge is 2.07. The lowest BCUT2D eigenvalue weighted by Gasteiger charge is -2.11. The predicted molar refractivity (Wildman–Crippen MR) is 120 cm³/mol. The molecular formula is C22H19ClN2O3S. The first-order valence-corrected chi connectivity index (χ1v) is 9.71. The van der Waals surface area contributed by atoms with Crippen molar-refractivity contribution in [1.29, 1.82) is 0 Å². The van der Waals surface area contributed by atoms with Crippen molar-refractivity contribution in [2.45, 2.75) is 13.3 Å². The van der Waals surface area contributed by atoms with Crippen LogP contribution in [-0.2, 0) is 11.2 Å². The molecule has 0 radical (unpaired) electrons. The van der Waals surface area contributed by atoms with Gasteiger partial charge in [-0.3, -0.25) is 10.1 Å². The maximum Gasteiger partial charge on any atom is 0.250 e. The molecule has 29 heavy (non-hydrogen) atoms. The maximum absolute atomic E-state index is 12.1. The van der Waals surface area contributed by atoms with Gasteiger partial charge in [0.25, 0.3) is 0 Å². The van der Waals surface area contributed by atoms with E-state index in [1.165, 1.54) is 6.08 Å². The van der Waals surface area contributed by atoms with Crippen LogP contribution in [0.15, 0.2) is 65.1 Å². The first kappa shape index (κ1) is 20.6. The number of benzene rings is 2. The van der Waals surface area contributed by atoms with E-state index in [4.69, 9.17) is 28.2 Å². The normalized spacial score (nSPS) is 10.8. The summed E-state index contributed by atoms with van der Waals surface area (Å²) in [7, 11) is 0. The molecule has 7 heteroatoms. The Balaban J connectivity index is 1.58. The van der Waals surface area contributed by atoms with Crippen molar-refractivity contribution in [2.24, 2.45) is 0 Å². The lowest BCUT2D eigenvalue weighted by molar-refractivity contribution is -0.115. The second-order valence-corrected chi connectivity index (χ2v) is 7.04. The summed E-state index contributed by atoms with van der Waals surface area (Å²) in [6.07, 6.45) is 3.69. The number of hydrogen-bond acceptors (Lipinski definition) is 4. The first-order chi connectivity index (χ1) is 13.9. The van der Waals surface area contributed by atoms with Gasteiger partial charge in [0, 0.05) is 16.7 Å². The second kappa shape index (κ2) is 9.41. The van der Waals surface area contributed by atoms with Gasteiger partial charge >= 0.3 is 0 Å². The number of amides is 1. The summed E-state index contributed by atoms with van der Waals surface area (Å²) in [6, 6.07) is 16.0. The zero-order chi connectivity index (χ0) is 20.8. The minimum Gasteiger partial charge on any atom is -0.506 e. The van der Waals surface area contributed by atoms with E-state index in [9.17, 15) is 9.90 Å². The summed E-state index contributed by atoms with van der Waals surface area (Å²) in [5, 5.41) is 16.0. The molecule has 0 bridgehead atoms. The van der Waals surface area contributed by atoms with Gasteiger partial charge in [-0.05, 0) is 78.8 Å². The van der Waals surface area contributed by atoms with Gasteiger partial charge in [0.15, 0.2) is 5.11 Å². The Kier molecular flexibility index (Phi) is 6.69. The standard InChI is InChI=1S/C22H19ClN2O3S/c1-2-14-3-10-19(26)18(13-14)24-22(29)25-21(27)12-9-17-8-11-20(28-17)15-4-6-16(23)7-5-15/h3-13,26H,2H2,1H3,(H2,24,25,27,29). The molecule has 0 saturated heterocycles. The number of nitrogens with one attached hydrogen (secondary N) is 2. The fourth-order valence-electron chi connectivity index (χ4n) is 2.58. The number of carbonyl (C=O) groups excluding carboxylic acids is 1. The fourth-order valence-corrected chi connectivity index (χ4v) is 2.92. The van der Waals surface area contributed by atoms with Crippen LogP contribution >= 0.6 is 23.8 Å². The van der Waals surface area contributed by atoms with Gasteiger partial charge in [-0.2, -0.15) is 0 Å². The molecular weight excluding hydrogens is 408 g/mol. The molecule has 5 nitrogen and oxygen atoms in total. The number of aromatic hydroxyl groups is 1. The summed E-state index contributed by atoms with van der Waals surface area (Å²) in [4.78, 5) is 12.1. The van der Waals surface area contributed by atoms with Crippen LogP contribution in [0.2, 0.25) is 5.02 Å². The van der Waals surface area contributed by atoms with Gasteiger partial charge in [0.2, 0.25) is 5.91 Å². The molecule has 3 N–H and O–H groups in total. The third-order valence-corrected chi connectivity index (χ3v) is 4.56. The van der Waals surface area contributed by atoms with Crippen LogP contribution in [0.5, 0.6) is 5.75 Å². The molecule has 0 atom stereocenters. The number of aryl methyl sites for hydroxylation is 1. The van der Waals surface area contributed by atoms with Gasteiger partial charge in [0.05, 0.1) is 5.69 Å². The molecule has 0 unspecified atom stereocenters. The number of anilines is 1. The van der Waals surface area contributed by atoms with Crippen LogP contribution in [0.1, 0.15) is 18.2 Å². The Morgan fingerprint density at radius 1 is 1.17 bits per heavy atom. The van der Waals surface area contributed by atoms with Crippen molar-refractivity contribution in [3.63, 3.8) is 0 Å². The van der Waals surface area contributed by atoms with Gasteiger partial charge in [-0.15, -0.1) is 0 Å². The molecule has 2 aromatic carbocycles. The van der Waals surface area contributed by atoms with Gasteiger partial charge in [-0.1, -0.05) is 24.6 Å². The zero-order valence-electron chi connectivity index (χ0n) is 15.6. The van der Waals surface area contributed by atoms with E-state index < -0.39 is 5.91 Å². The van der Waals surface area contributed by atoms with Crippen molar-refractivity contribution in [3.8, 4) is 17.1 Å². The maximum atomic E-state index is 12.1. The average molecular weight is 427 g/mol. The fraction of sp³-hybridized carbons (Fsp3) is 0.0909. The van der Waals surface area contributed by atoms with Gasteiger partial charge < -0.3 is 14.8 Å². The molecule has 148 valence electrons. The summed E-state index contributed by atoms with van der Waals surface area (Å²) in [5.74, 6) is 0.834. The number of carbonyl (C=O) groups is 1. The molecule has 1 amide bonds. The summed E-state index contributed by atoms with van der Waals surface area (Å²) in [6.45, 7) is 2.01. The highest BCUT2D eigenvalue weighted by atomic mass is 35.5. The van der Waals surface area contributed by atoms with Crippen molar-refractivity contribution in [3.05, 3.63) is 77.0 Å². The van der Waals surface area contributed by atoms with Crippen LogP contribution in [0.3, 0.4) is 0 Å². The first-order valence-electron chi connectivity index (χ1n) is 8.92. The molecule has 1 heterocycles. The number of phenolic OH excluding ortho intramolecular Hbond substituents is 1. The van der Waals surface area contributed by atoms with Crippen LogP contribution in [-0.4, -0.2) is 16.1 Å². The lowest BCUT2D eigenvalue weighted by atomic mass is 10.1. The van der Waals surface area contributed by atoms with E-state index in [0.717, 1.165) is 17.5 Å². The Labute approximate surface area is 179 Å². The van der Waals surface area contributed by atoms with Crippen molar-refractivity contribution in [2.75, 3.05) is 5.32 Å². The van der Waals surface area contributed by atoms with E-state index in [2.05, 4.69) is 10.6 Å². The van der Waals surface area contributed by atoms with E-state index in [1.54, 1.807) is 36.4 Å². The Morgan fingerprint density at radius 3 is 2.66 bits per heavy atom. The Bertz CT molecular complexity index is 1060. The molecule has 0 aliphatic heterocycles. The molecule has 3 aromatic rings. The minimum atomic E-state index is -0.418. The third kappa shape index (κ3) is 5.70. The van der Waals surface area contributed by atoms with E-state index in [-0.39, 0.29) is 10.9 Å². The smallest absolute Gasteiger partial charge is 0.250 e. The lowest BCUT2D eigenvalue weighted by Crippen LogP contribution is -2.32. The van der Waals surface area contributed by atoms with Crippen molar-refractivity contribution < 1.29 is 14.3 Å². The zero-order valence-corrected chi connectivity index (χ0v) is 17.2. The molecule has 0 aliphatic rings. The monoisotopic (exact) mass is 426 g/mol. The minimum absolute atomic E-state index is 0.0552. The van der Waals surface area contributed by atoms with Gasteiger partial charge in [-0.25, -0.2) is 0 Å². The van der Waals surface area contributed by atoms with Crippen molar-refractivity contribution in [1.82, 2.24) is 5.32 Å². The average Bonchev–Trinajstić information content (AvgIpc) is 3.17. The van der Waals surface area contributed by atoms with E-state index >= 15 is 0 Å². The summed E-state index contributed by atoms with van der Waals surface area (Å²) < 4.78 is 5.71. The third-order valence-electron chi connectivity index (χ3n) is 4.11. The van der Waals surface area contributed by atoms with Gasteiger partial charge in [0.1, 0.15) is 17.3 Å². The van der Waals surface area contributed by atoms with Crippen LogP contribution < -0.4 is 10.6 Å². The Morgan fingerprint density at radius 2 is 1.93 bits per heavy atom. The number of halogens is 1. The van der Waals surface area contributed by atoms with Crippen molar-refractivity contribution >= 4 is 46.6 Å². The molecule has 1 aromatic heterocycles. The summed E-state index contributed by atoms with van der Waals surface area (Å²) >= 11 is 11.0. The largest absolute Gasteiger partial charge is 0.506 e. The second-order valence-electron chi connectivity index (χ2n) is 6.19. The molecule has 0 saturated carbocycles. The van der Waals surface area contributed by atoms with Crippen LogP contribution in [0, 0.1) is 0 Å². The van der Waals surface area contributed by atoms with E-state index in [0.29, 0.717) is 22.2 Å². The van der Waals surface area contributed by atoms with Crippen LogP contribution in [0.25, 0.3) is 17.4 Å². The number of rotatable bonds is 5. The quantitative estimate of drug-likeness (QED) is 0.289. The molecule has 0 spiro atoms. The molecule has 3 rings (SSSR count). The summed E-state index contributed by atoms with van der Waals surface area (Å²) in [5.41, 5.74) is 2.36. The number of phenols is 1. The molecule has 0 fully saturated rings.